The maximum atomic E-state index is 4.74. The fourth-order valence-electron chi connectivity index (χ4n) is 2.51. The standard InChI is InChI=1S/C17H18N2.ClH/c1-2-17-18-15-11-7-6-10-14(15)12-16(19-17)13-8-4-3-5-9-13;/h3-11,16H,2,12H2,1H3,(H,18,19);1H. The van der Waals surface area contributed by atoms with E-state index in [-0.39, 0.29) is 12.4 Å². The highest BCUT2D eigenvalue weighted by molar-refractivity contribution is 5.86. The summed E-state index contributed by atoms with van der Waals surface area (Å²) >= 11 is 0. The third-order valence-electron chi connectivity index (χ3n) is 3.55. The van der Waals surface area contributed by atoms with Crippen molar-refractivity contribution < 1.29 is 0 Å². The SMILES string of the molecule is CCC1=Nc2ccccc2CC(c2ccccc2)N1.Cl. The van der Waals surface area contributed by atoms with Crippen LogP contribution in [0.1, 0.15) is 30.5 Å². The molecule has 0 fully saturated rings. The Morgan fingerprint density at radius 2 is 1.75 bits per heavy atom. The van der Waals surface area contributed by atoms with Gasteiger partial charge in [-0.3, -0.25) is 0 Å². The van der Waals surface area contributed by atoms with Crippen LogP contribution in [0.3, 0.4) is 0 Å². The number of hydrogen-bond donors (Lipinski definition) is 1. The molecule has 1 N–H and O–H groups in total. The summed E-state index contributed by atoms with van der Waals surface area (Å²) < 4.78 is 0. The van der Waals surface area contributed by atoms with Crippen molar-refractivity contribution in [2.24, 2.45) is 4.99 Å². The quantitative estimate of drug-likeness (QED) is 0.867. The van der Waals surface area contributed by atoms with Crippen molar-refractivity contribution >= 4 is 23.9 Å². The molecule has 0 aliphatic carbocycles. The third kappa shape index (κ3) is 3.02. The van der Waals surface area contributed by atoms with E-state index in [1.165, 1.54) is 11.1 Å². The lowest BCUT2D eigenvalue weighted by atomic mass is 9.98. The lowest BCUT2D eigenvalue weighted by Crippen LogP contribution is -2.28. The van der Waals surface area contributed by atoms with Crippen LogP contribution in [-0.4, -0.2) is 5.84 Å². The van der Waals surface area contributed by atoms with Crippen LogP contribution in [0.2, 0.25) is 0 Å². The lowest BCUT2D eigenvalue weighted by Gasteiger charge is -2.18. The van der Waals surface area contributed by atoms with Gasteiger partial charge in [-0.2, -0.15) is 0 Å². The molecule has 2 nitrogen and oxygen atoms in total. The Balaban J connectivity index is 0.00000147. The molecule has 3 rings (SSSR count). The van der Waals surface area contributed by atoms with E-state index >= 15 is 0 Å². The fraction of sp³-hybridized carbons (Fsp3) is 0.235. The molecule has 1 unspecified atom stereocenters. The zero-order chi connectivity index (χ0) is 13.1. The summed E-state index contributed by atoms with van der Waals surface area (Å²) in [6.45, 7) is 2.14. The van der Waals surface area contributed by atoms with E-state index < -0.39 is 0 Å². The van der Waals surface area contributed by atoms with Crippen molar-refractivity contribution in [3.05, 3.63) is 65.7 Å². The highest BCUT2D eigenvalue weighted by Crippen LogP contribution is 2.28. The van der Waals surface area contributed by atoms with Crippen LogP contribution in [0.5, 0.6) is 0 Å². The van der Waals surface area contributed by atoms with E-state index in [0.29, 0.717) is 6.04 Å². The number of rotatable bonds is 2. The summed E-state index contributed by atoms with van der Waals surface area (Å²) in [7, 11) is 0. The number of para-hydroxylation sites is 1. The maximum Gasteiger partial charge on any atom is 0.102 e. The van der Waals surface area contributed by atoms with Crippen molar-refractivity contribution in [3.8, 4) is 0 Å². The van der Waals surface area contributed by atoms with Crippen LogP contribution < -0.4 is 5.32 Å². The van der Waals surface area contributed by atoms with Crippen LogP contribution in [0, 0.1) is 0 Å². The van der Waals surface area contributed by atoms with Crippen molar-refractivity contribution in [1.82, 2.24) is 5.32 Å². The molecule has 20 heavy (non-hydrogen) atoms. The van der Waals surface area contributed by atoms with Gasteiger partial charge < -0.3 is 5.32 Å². The van der Waals surface area contributed by atoms with Crippen LogP contribution in [-0.2, 0) is 6.42 Å². The van der Waals surface area contributed by atoms with E-state index in [1.807, 2.05) is 0 Å². The van der Waals surface area contributed by atoms with Crippen molar-refractivity contribution in [1.29, 1.82) is 0 Å². The molecule has 2 aromatic carbocycles. The second-order valence-corrected chi connectivity index (χ2v) is 4.85. The number of halogens is 1. The van der Waals surface area contributed by atoms with Crippen molar-refractivity contribution in [3.63, 3.8) is 0 Å². The molecule has 0 radical (unpaired) electrons. The minimum atomic E-state index is 0. The Morgan fingerprint density at radius 3 is 2.50 bits per heavy atom. The summed E-state index contributed by atoms with van der Waals surface area (Å²) in [6, 6.07) is 19.3. The van der Waals surface area contributed by atoms with E-state index in [2.05, 4.69) is 66.8 Å². The average molecular weight is 287 g/mol. The zero-order valence-corrected chi connectivity index (χ0v) is 12.4. The smallest absolute Gasteiger partial charge is 0.102 e. The molecule has 1 aliphatic heterocycles. The first-order valence-corrected chi connectivity index (χ1v) is 6.84. The largest absolute Gasteiger partial charge is 0.366 e. The third-order valence-corrected chi connectivity index (χ3v) is 3.55. The molecule has 3 heteroatoms. The first-order chi connectivity index (χ1) is 9.36. The second-order valence-electron chi connectivity index (χ2n) is 4.85. The van der Waals surface area contributed by atoms with Gasteiger partial charge in [0, 0.05) is 6.42 Å². The van der Waals surface area contributed by atoms with Gasteiger partial charge in [0.1, 0.15) is 5.84 Å². The van der Waals surface area contributed by atoms with Gasteiger partial charge >= 0.3 is 0 Å². The summed E-state index contributed by atoms with van der Waals surface area (Å²) in [4.78, 5) is 4.74. The van der Waals surface area contributed by atoms with E-state index in [0.717, 1.165) is 24.4 Å². The number of amidine groups is 1. The topological polar surface area (TPSA) is 24.4 Å². The Bertz CT molecular complexity index is 593. The number of nitrogens with zero attached hydrogens (tertiary/aromatic N) is 1. The number of nitrogens with one attached hydrogen (secondary N) is 1. The highest BCUT2D eigenvalue weighted by Gasteiger charge is 2.18. The predicted molar refractivity (Wildman–Crippen MR) is 87.1 cm³/mol. The number of aliphatic imine (C=N–C) groups is 1. The monoisotopic (exact) mass is 286 g/mol. The van der Waals surface area contributed by atoms with Gasteiger partial charge in [0.05, 0.1) is 11.7 Å². The van der Waals surface area contributed by atoms with Crippen molar-refractivity contribution in [2.75, 3.05) is 0 Å². The molecule has 0 bridgehead atoms. The van der Waals surface area contributed by atoms with Crippen LogP contribution >= 0.6 is 12.4 Å². The van der Waals surface area contributed by atoms with Gasteiger partial charge in [-0.15, -0.1) is 12.4 Å². The molecule has 1 aliphatic rings. The van der Waals surface area contributed by atoms with Gasteiger partial charge in [0.25, 0.3) is 0 Å². The molecule has 0 aromatic heterocycles. The summed E-state index contributed by atoms with van der Waals surface area (Å²) in [5.74, 6) is 1.07. The van der Waals surface area contributed by atoms with E-state index in [4.69, 9.17) is 4.99 Å². The molecule has 0 spiro atoms. The van der Waals surface area contributed by atoms with Gasteiger partial charge in [-0.1, -0.05) is 55.5 Å². The number of hydrogen-bond acceptors (Lipinski definition) is 2. The van der Waals surface area contributed by atoms with E-state index in [9.17, 15) is 0 Å². The molecule has 1 atom stereocenters. The normalized spacial score (nSPS) is 17.1. The molecule has 0 saturated carbocycles. The van der Waals surface area contributed by atoms with Gasteiger partial charge in [-0.05, 0) is 23.6 Å². The fourth-order valence-corrected chi connectivity index (χ4v) is 2.51. The van der Waals surface area contributed by atoms with Gasteiger partial charge in [0.2, 0.25) is 0 Å². The van der Waals surface area contributed by atoms with Gasteiger partial charge in [0.15, 0.2) is 0 Å². The first-order valence-electron chi connectivity index (χ1n) is 6.84. The molecule has 2 aromatic rings. The zero-order valence-electron chi connectivity index (χ0n) is 11.5. The molecule has 0 amide bonds. The van der Waals surface area contributed by atoms with Crippen LogP contribution in [0.15, 0.2) is 59.6 Å². The summed E-state index contributed by atoms with van der Waals surface area (Å²) in [6.07, 6.45) is 1.91. The molecule has 1 heterocycles. The first kappa shape index (κ1) is 14.6. The predicted octanol–water partition coefficient (Wildman–Crippen LogP) is 4.44. The lowest BCUT2D eigenvalue weighted by molar-refractivity contribution is 0.645. The Hall–Kier alpha value is -1.80. The molecule has 0 saturated heterocycles. The summed E-state index contributed by atoms with van der Waals surface area (Å²) in [5, 5.41) is 3.58. The van der Waals surface area contributed by atoms with Crippen LogP contribution in [0.25, 0.3) is 0 Å². The Labute approximate surface area is 126 Å². The Morgan fingerprint density at radius 1 is 1.05 bits per heavy atom. The number of benzene rings is 2. The average Bonchev–Trinajstić information content (AvgIpc) is 2.67. The van der Waals surface area contributed by atoms with E-state index in [1.54, 1.807) is 0 Å². The number of fused-ring (bicyclic) bond motifs is 1. The summed E-state index contributed by atoms with van der Waals surface area (Å²) in [5.41, 5.74) is 3.73. The van der Waals surface area contributed by atoms with Crippen molar-refractivity contribution in [2.45, 2.75) is 25.8 Å². The second kappa shape index (κ2) is 6.58. The maximum absolute atomic E-state index is 4.74. The minimum Gasteiger partial charge on any atom is -0.366 e. The van der Waals surface area contributed by atoms with Gasteiger partial charge in [-0.25, -0.2) is 4.99 Å². The minimum absolute atomic E-state index is 0. The molecular weight excluding hydrogens is 268 g/mol. The Kier molecular flexibility index (Phi) is 4.80. The highest BCUT2D eigenvalue weighted by atomic mass is 35.5. The molecular formula is C17H19ClN2. The van der Waals surface area contributed by atoms with Crippen LogP contribution in [0.4, 0.5) is 5.69 Å². The molecule has 104 valence electrons.